The Balaban J connectivity index is 1.84. The van der Waals surface area contributed by atoms with Gasteiger partial charge in [0.25, 0.3) is 0 Å². The summed E-state index contributed by atoms with van der Waals surface area (Å²) in [6.07, 6.45) is 3.91. The lowest BCUT2D eigenvalue weighted by atomic mass is 10.2. The molecule has 140 valence electrons. The van der Waals surface area contributed by atoms with Gasteiger partial charge in [-0.25, -0.2) is 13.1 Å². The number of carbonyl (C=O) groups excluding carboxylic acids is 1. The molecule has 1 fully saturated rings. The summed E-state index contributed by atoms with van der Waals surface area (Å²) < 4.78 is 26.2. The first-order valence-electron chi connectivity index (χ1n) is 9.02. The molecule has 0 radical (unpaired) electrons. The first-order chi connectivity index (χ1) is 11.9. The quantitative estimate of drug-likeness (QED) is 0.702. The predicted molar refractivity (Wildman–Crippen MR) is 101 cm³/mol. The summed E-state index contributed by atoms with van der Waals surface area (Å²) in [4.78, 5) is 14.6. The van der Waals surface area contributed by atoms with Crippen LogP contribution in [-0.4, -0.2) is 44.1 Å². The molecule has 0 aliphatic carbocycles. The molecule has 0 spiro atoms. The second-order valence-corrected chi connectivity index (χ2v) is 8.55. The molecule has 1 heterocycles. The normalized spacial score (nSPS) is 16.7. The Kier molecular flexibility index (Phi) is 7.40. The van der Waals surface area contributed by atoms with Crippen LogP contribution in [0.4, 0.5) is 5.69 Å². The number of benzene rings is 1. The van der Waals surface area contributed by atoms with Crippen molar-refractivity contribution in [2.45, 2.75) is 52.1 Å². The lowest BCUT2D eigenvalue weighted by Gasteiger charge is -2.16. The number of anilines is 1. The average molecular weight is 368 g/mol. The van der Waals surface area contributed by atoms with Gasteiger partial charge in [0.2, 0.25) is 15.9 Å². The van der Waals surface area contributed by atoms with Crippen molar-refractivity contribution in [3.8, 4) is 0 Å². The molecule has 25 heavy (non-hydrogen) atoms. The summed E-state index contributed by atoms with van der Waals surface area (Å²) in [5.74, 6) is -0.306. The number of unbranched alkanes of at least 4 members (excludes halogenated alkanes) is 1. The highest BCUT2D eigenvalue weighted by Gasteiger charge is 2.20. The Morgan fingerprint density at radius 2 is 1.84 bits per heavy atom. The minimum Gasteiger partial charge on any atom is -0.325 e. The van der Waals surface area contributed by atoms with Gasteiger partial charge in [-0.1, -0.05) is 25.5 Å². The zero-order chi connectivity index (χ0) is 18.3. The van der Waals surface area contributed by atoms with Crippen LogP contribution in [0.25, 0.3) is 0 Å². The molecular weight excluding hydrogens is 338 g/mol. The first-order valence-corrected chi connectivity index (χ1v) is 10.7. The van der Waals surface area contributed by atoms with Gasteiger partial charge in [-0.15, -0.1) is 0 Å². The van der Waals surface area contributed by atoms with Gasteiger partial charge in [-0.05, 0) is 57.0 Å². The van der Waals surface area contributed by atoms with Crippen LogP contribution >= 0.6 is 0 Å². The van der Waals surface area contributed by atoms with Gasteiger partial charge in [-0.3, -0.25) is 9.69 Å². The van der Waals surface area contributed by atoms with E-state index in [1.807, 2.05) is 31.2 Å². The van der Waals surface area contributed by atoms with Gasteiger partial charge in [0.1, 0.15) is 0 Å². The Bertz CT molecular complexity index is 653. The molecule has 0 aromatic heterocycles. The van der Waals surface area contributed by atoms with Crippen molar-refractivity contribution < 1.29 is 13.2 Å². The molecule has 7 heteroatoms. The highest BCUT2D eigenvalue weighted by molar-refractivity contribution is 7.89. The molecule has 1 aromatic carbocycles. The van der Waals surface area contributed by atoms with E-state index in [-0.39, 0.29) is 11.7 Å². The number of nitrogens with zero attached hydrogens (tertiary/aromatic N) is 1. The topological polar surface area (TPSA) is 78.5 Å². The lowest BCUT2D eigenvalue weighted by Crippen LogP contribution is -2.42. The Labute approximate surface area is 151 Å². The maximum atomic E-state index is 12.2. The third kappa shape index (κ3) is 6.76. The van der Waals surface area contributed by atoms with Gasteiger partial charge < -0.3 is 5.32 Å². The van der Waals surface area contributed by atoms with Crippen molar-refractivity contribution in [1.29, 1.82) is 0 Å². The summed E-state index contributed by atoms with van der Waals surface area (Å²) in [6, 6.07) is 6.93. The number of sulfonamides is 1. The van der Waals surface area contributed by atoms with E-state index < -0.39 is 16.1 Å². The third-order valence-corrected chi connectivity index (χ3v) is 5.88. The van der Waals surface area contributed by atoms with E-state index in [1.54, 1.807) is 6.92 Å². The number of hydrogen-bond donors (Lipinski definition) is 2. The zero-order valence-electron chi connectivity index (χ0n) is 15.1. The van der Waals surface area contributed by atoms with Gasteiger partial charge in [0.15, 0.2) is 0 Å². The number of carbonyl (C=O) groups is 1. The average Bonchev–Trinajstić information content (AvgIpc) is 3.07. The number of nitrogens with one attached hydrogen (secondary N) is 2. The molecule has 1 aromatic rings. The van der Waals surface area contributed by atoms with Crippen LogP contribution in [0.15, 0.2) is 24.3 Å². The van der Waals surface area contributed by atoms with Crippen LogP contribution in [0.2, 0.25) is 0 Å². The summed E-state index contributed by atoms with van der Waals surface area (Å²) in [5, 5.41) is 2.76. The standard InChI is InChI=1S/C18H29N3O3S/c1-3-4-13-25(23,24)20-15(2)18(22)19-17-9-7-16(8-10-17)14-21-11-5-6-12-21/h7-10,15,20H,3-6,11-14H2,1-2H3,(H,19,22). The predicted octanol–water partition coefficient (Wildman–Crippen LogP) is 2.33. The van der Waals surface area contributed by atoms with Gasteiger partial charge in [-0.2, -0.15) is 0 Å². The minimum absolute atomic E-state index is 0.0479. The number of amides is 1. The van der Waals surface area contributed by atoms with Crippen LogP contribution in [0, 0.1) is 0 Å². The number of likely N-dealkylation sites (tertiary alicyclic amines) is 1. The molecule has 1 unspecified atom stereocenters. The highest BCUT2D eigenvalue weighted by Crippen LogP contribution is 2.15. The Hall–Kier alpha value is -1.44. The summed E-state index contributed by atoms with van der Waals surface area (Å²) in [6.45, 7) is 6.71. The SMILES string of the molecule is CCCCS(=O)(=O)NC(C)C(=O)Nc1ccc(CN2CCCC2)cc1. The van der Waals surface area contributed by atoms with Crippen LogP contribution in [0.1, 0.15) is 45.1 Å². The molecular formula is C18H29N3O3S. The molecule has 1 saturated heterocycles. The minimum atomic E-state index is -3.42. The summed E-state index contributed by atoms with van der Waals surface area (Å²) in [5.41, 5.74) is 1.89. The monoisotopic (exact) mass is 367 g/mol. The molecule has 1 aliphatic heterocycles. The van der Waals surface area contributed by atoms with E-state index in [0.717, 1.165) is 26.1 Å². The van der Waals surface area contributed by atoms with Gasteiger partial charge in [0.05, 0.1) is 11.8 Å². The maximum Gasteiger partial charge on any atom is 0.242 e. The van der Waals surface area contributed by atoms with Crippen molar-refractivity contribution in [2.24, 2.45) is 0 Å². The van der Waals surface area contributed by atoms with E-state index in [9.17, 15) is 13.2 Å². The molecule has 2 N–H and O–H groups in total. The van der Waals surface area contributed by atoms with Crippen molar-refractivity contribution >= 4 is 21.6 Å². The van der Waals surface area contributed by atoms with Crippen LogP contribution in [0.3, 0.4) is 0 Å². The third-order valence-electron chi connectivity index (χ3n) is 4.34. The van der Waals surface area contributed by atoms with Crippen LogP contribution in [-0.2, 0) is 21.4 Å². The van der Waals surface area contributed by atoms with E-state index in [2.05, 4.69) is 14.9 Å². The van der Waals surface area contributed by atoms with Crippen LogP contribution in [0.5, 0.6) is 0 Å². The molecule has 6 nitrogen and oxygen atoms in total. The van der Waals surface area contributed by atoms with E-state index in [4.69, 9.17) is 0 Å². The molecule has 1 aliphatic rings. The Morgan fingerprint density at radius 1 is 1.20 bits per heavy atom. The molecule has 0 bridgehead atoms. The van der Waals surface area contributed by atoms with Crippen LogP contribution < -0.4 is 10.0 Å². The van der Waals surface area contributed by atoms with Gasteiger partial charge in [0, 0.05) is 12.2 Å². The van der Waals surface area contributed by atoms with Crippen molar-refractivity contribution in [2.75, 3.05) is 24.2 Å². The molecule has 1 amide bonds. The fourth-order valence-corrected chi connectivity index (χ4v) is 4.29. The van der Waals surface area contributed by atoms with Gasteiger partial charge >= 0.3 is 0 Å². The van der Waals surface area contributed by atoms with E-state index >= 15 is 0 Å². The van der Waals surface area contributed by atoms with E-state index in [0.29, 0.717) is 12.1 Å². The smallest absolute Gasteiger partial charge is 0.242 e. The number of hydrogen-bond acceptors (Lipinski definition) is 4. The second-order valence-electron chi connectivity index (χ2n) is 6.68. The number of rotatable bonds is 9. The molecule has 2 rings (SSSR count). The fraction of sp³-hybridized carbons (Fsp3) is 0.611. The lowest BCUT2D eigenvalue weighted by molar-refractivity contribution is -0.117. The Morgan fingerprint density at radius 3 is 2.44 bits per heavy atom. The van der Waals surface area contributed by atoms with Crippen molar-refractivity contribution in [3.05, 3.63) is 29.8 Å². The highest BCUT2D eigenvalue weighted by atomic mass is 32.2. The molecule has 0 saturated carbocycles. The molecule has 1 atom stereocenters. The second kappa shape index (κ2) is 9.31. The first kappa shape index (κ1) is 19.9. The van der Waals surface area contributed by atoms with Crippen molar-refractivity contribution in [1.82, 2.24) is 9.62 Å². The summed E-state index contributed by atoms with van der Waals surface area (Å²) >= 11 is 0. The van der Waals surface area contributed by atoms with Crippen molar-refractivity contribution in [3.63, 3.8) is 0 Å². The largest absolute Gasteiger partial charge is 0.325 e. The maximum absolute atomic E-state index is 12.2. The fourth-order valence-electron chi connectivity index (χ4n) is 2.86. The zero-order valence-corrected chi connectivity index (χ0v) is 15.9. The van der Waals surface area contributed by atoms with E-state index in [1.165, 1.54) is 18.4 Å². The summed E-state index contributed by atoms with van der Waals surface area (Å²) in [7, 11) is -3.42.